The lowest BCUT2D eigenvalue weighted by atomic mass is 10.1. The molecule has 0 amide bonds. The van der Waals surface area contributed by atoms with E-state index >= 15 is 0 Å². The van der Waals surface area contributed by atoms with Crippen molar-refractivity contribution in [3.63, 3.8) is 0 Å². The van der Waals surface area contributed by atoms with Crippen molar-refractivity contribution >= 4 is 40.0 Å². The van der Waals surface area contributed by atoms with E-state index in [4.69, 9.17) is 28.8 Å². The lowest BCUT2D eigenvalue weighted by molar-refractivity contribution is 1.36. The zero-order chi connectivity index (χ0) is 13.1. The molecule has 0 fully saturated rings. The third-order valence-corrected chi connectivity index (χ3v) is 2.49. The Balaban J connectivity index is 2.45. The lowest BCUT2D eigenvalue weighted by Gasteiger charge is -2.01. The molecule has 0 radical (unpaired) electrons. The summed E-state index contributed by atoms with van der Waals surface area (Å²) >= 11 is 5.96. The minimum absolute atomic E-state index is 0.00509. The van der Waals surface area contributed by atoms with Crippen molar-refractivity contribution in [2.75, 3.05) is 0 Å². The number of hydrogen-bond donors (Lipinski definition) is 3. The maximum atomic E-state index is 5.96. The molecule has 6 N–H and O–H groups in total. The van der Waals surface area contributed by atoms with Crippen LogP contribution < -0.4 is 17.2 Å². The topological polar surface area (TPSA) is 116 Å². The van der Waals surface area contributed by atoms with Gasteiger partial charge in [0.15, 0.2) is 5.96 Å². The van der Waals surface area contributed by atoms with Crippen molar-refractivity contribution in [3.05, 3.63) is 35.6 Å². The third kappa shape index (κ3) is 2.67. The molecule has 0 aliphatic heterocycles. The van der Waals surface area contributed by atoms with Crippen LogP contribution in [0.5, 0.6) is 0 Å². The number of nitrogens with two attached hydrogens (primary N) is 3. The molecule has 0 aliphatic rings. The van der Waals surface area contributed by atoms with E-state index in [9.17, 15) is 0 Å². The smallest absolute Gasteiger partial charge is 0.223 e. The van der Waals surface area contributed by atoms with E-state index in [0.29, 0.717) is 10.8 Å². The molecule has 0 spiro atoms. The Labute approximate surface area is 108 Å². The van der Waals surface area contributed by atoms with Crippen molar-refractivity contribution in [2.24, 2.45) is 27.2 Å². The second-order valence-corrected chi connectivity index (χ2v) is 3.87. The predicted molar refractivity (Wildman–Crippen MR) is 73.8 cm³/mol. The largest absolute Gasteiger partial charge is 0.370 e. The number of halogens is 1. The van der Waals surface area contributed by atoms with Crippen LogP contribution >= 0.6 is 11.6 Å². The minimum Gasteiger partial charge on any atom is -0.370 e. The average Bonchev–Trinajstić information content (AvgIpc) is 2.27. The first-order valence-electron chi connectivity index (χ1n) is 5.04. The van der Waals surface area contributed by atoms with Crippen LogP contribution in [0.4, 0.5) is 5.69 Å². The van der Waals surface area contributed by atoms with E-state index in [1.165, 1.54) is 0 Å². The predicted octanol–water partition coefficient (Wildman–Crippen LogP) is 1.11. The lowest BCUT2D eigenvalue weighted by Crippen LogP contribution is -2.26. The second-order valence-electron chi connectivity index (χ2n) is 3.51. The van der Waals surface area contributed by atoms with Gasteiger partial charge in [-0.1, -0.05) is 11.6 Å². The molecular formula is C11H11ClN6. The molecule has 0 unspecified atom stereocenters. The summed E-state index contributed by atoms with van der Waals surface area (Å²) in [4.78, 5) is 11.7. The van der Waals surface area contributed by atoms with Crippen LogP contribution in [-0.2, 0) is 0 Å². The fourth-order valence-corrected chi connectivity index (χ4v) is 1.72. The molecule has 1 heterocycles. The van der Waals surface area contributed by atoms with E-state index in [-0.39, 0.29) is 11.9 Å². The molecule has 0 aliphatic carbocycles. The van der Waals surface area contributed by atoms with Crippen molar-refractivity contribution < 1.29 is 0 Å². The highest BCUT2D eigenvalue weighted by atomic mass is 35.5. The summed E-state index contributed by atoms with van der Waals surface area (Å²) in [5, 5.41) is 2.20. The van der Waals surface area contributed by atoms with Crippen LogP contribution in [-0.4, -0.2) is 16.9 Å². The Kier molecular flexibility index (Phi) is 3.29. The zero-order valence-electron chi connectivity index (χ0n) is 9.34. The van der Waals surface area contributed by atoms with E-state index in [0.717, 1.165) is 10.8 Å². The van der Waals surface area contributed by atoms with Crippen molar-refractivity contribution in [1.29, 1.82) is 0 Å². The average molecular weight is 263 g/mol. The van der Waals surface area contributed by atoms with Crippen LogP contribution in [0.3, 0.4) is 0 Å². The molecule has 1 aromatic carbocycles. The normalized spacial score (nSPS) is 11.5. The number of hydrogen-bond acceptors (Lipinski definition) is 2. The highest BCUT2D eigenvalue weighted by molar-refractivity contribution is 6.34. The molecule has 2 aromatic rings. The van der Waals surface area contributed by atoms with Crippen LogP contribution in [0.15, 0.2) is 40.4 Å². The van der Waals surface area contributed by atoms with Gasteiger partial charge in [0, 0.05) is 11.6 Å². The molecule has 2 rings (SSSR count). The van der Waals surface area contributed by atoms with Gasteiger partial charge in [-0.2, -0.15) is 4.99 Å². The Morgan fingerprint density at radius 3 is 2.67 bits per heavy atom. The Morgan fingerprint density at radius 1 is 1.17 bits per heavy atom. The second kappa shape index (κ2) is 4.89. The van der Waals surface area contributed by atoms with E-state index < -0.39 is 0 Å². The number of aliphatic imine (C=N–C) groups is 2. The summed E-state index contributed by atoms with van der Waals surface area (Å²) in [5.41, 5.74) is 16.6. The van der Waals surface area contributed by atoms with Crippen LogP contribution in [0, 0.1) is 0 Å². The fourth-order valence-electron chi connectivity index (χ4n) is 1.49. The first-order valence-corrected chi connectivity index (χ1v) is 5.42. The number of pyridine rings is 1. The Hall–Kier alpha value is -2.34. The minimum atomic E-state index is -0.135. The Bertz CT molecular complexity index is 645. The number of rotatable bonds is 1. The fraction of sp³-hybridized carbons (Fsp3) is 0. The number of guanidine groups is 2. The van der Waals surface area contributed by atoms with Gasteiger partial charge < -0.3 is 17.2 Å². The highest BCUT2D eigenvalue weighted by Gasteiger charge is 2.01. The highest BCUT2D eigenvalue weighted by Crippen LogP contribution is 2.25. The number of fused-ring (bicyclic) bond motifs is 1. The summed E-state index contributed by atoms with van der Waals surface area (Å²) in [7, 11) is 0. The molecule has 92 valence electrons. The van der Waals surface area contributed by atoms with Gasteiger partial charge in [-0.05, 0) is 29.7 Å². The van der Waals surface area contributed by atoms with Gasteiger partial charge in [-0.25, -0.2) is 9.98 Å². The van der Waals surface area contributed by atoms with Gasteiger partial charge in [0.1, 0.15) is 5.15 Å². The monoisotopic (exact) mass is 262 g/mol. The van der Waals surface area contributed by atoms with E-state index in [1.54, 1.807) is 12.3 Å². The van der Waals surface area contributed by atoms with Gasteiger partial charge in [0.25, 0.3) is 0 Å². The Morgan fingerprint density at radius 2 is 1.94 bits per heavy atom. The van der Waals surface area contributed by atoms with E-state index in [2.05, 4.69) is 15.0 Å². The molecule has 18 heavy (non-hydrogen) atoms. The molecule has 1 aromatic heterocycles. The van der Waals surface area contributed by atoms with Gasteiger partial charge in [-0.15, -0.1) is 0 Å². The molecule has 6 nitrogen and oxygen atoms in total. The quantitative estimate of drug-likeness (QED) is 0.405. The summed E-state index contributed by atoms with van der Waals surface area (Å²) in [6.07, 6.45) is 1.62. The standard InChI is InChI=1S/C11H11ClN6/c12-9-8-2-1-7(5-6(8)3-4-16-9)17-11(15)18-10(13)14/h1-5H,(H6,13,14,15,17,18). The van der Waals surface area contributed by atoms with Crippen LogP contribution in [0.25, 0.3) is 10.8 Å². The molecular weight excluding hydrogens is 252 g/mol. The summed E-state index contributed by atoms with van der Waals surface area (Å²) in [6, 6.07) is 7.21. The maximum Gasteiger partial charge on any atom is 0.223 e. The van der Waals surface area contributed by atoms with Crippen molar-refractivity contribution in [1.82, 2.24) is 4.98 Å². The van der Waals surface area contributed by atoms with Gasteiger partial charge in [-0.3, -0.25) is 0 Å². The van der Waals surface area contributed by atoms with Crippen LogP contribution in [0.2, 0.25) is 5.15 Å². The number of benzene rings is 1. The van der Waals surface area contributed by atoms with Gasteiger partial charge in [0.2, 0.25) is 5.96 Å². The molecule has 7 heteroatoms. The molecule has 0 bridgehead atoms. The van der Waals surface area contributed by atoms with Crippen LogP contribution in [0.1, 0.15) is 0 Å². The van der Waals surface area contributed by atoms with Crippen molar-refractivity contribution in [2.45, 2.75) is 0 Å². The summed E-state index contributed by atoms with van der Waals surface area (Å²) in [6.45, 7) is 0. The summed E-state index contributed by atoms with van der Waals surface area (Å²) < 4.78 is 0. The maximum absolute atomic E-state index is 5.96. The van der Waals surface area contributed by atoms with Gasteiger partial charge >= 0.3 is 0 Å². The first kappa shape index (κ1) is 12.1. The first-order chi connectivity index (χ1) is 8.56. The summed E-state index contributed by atoms with van der Waals surface area (Å²) in [5.74, 6) is -0.140. The van der Waals surface area contributed by atoms with Gasteiger partial charge in [0.05, 0.1) is 5.69 Å². The third-order valence-electron chi connectivity index (χ3n) is 2.19. The van der Waals surface area contributed by atoms with Crippen molar-refractivity contribution in [3.8, 4) is 0 Å². The molecule has 0 saturated heterocycles. The number of nitrogens with zero attached hydrogens (tertiary/aromatic N) is 3. The zero-order valence-corrected chi connectivity index (χ0v) is 10.1. The molecule has 0 atom stereocenters. The SMILES string of the molecule is NC(N)=NC(N)=Nc1ccc2c(Cl)nccc2c1. The number of aromatic nitrogens is 1. The van der Waals surface area contributed by atoms with E-state index in [1.807, 2.05) is 18.2 Å². The molecule has 0 saturated carbocycles.